The van der Waals surface area contributed by atoms with E-state index in [-0.39, 0.29) is 5.97 Å². The standard InChI is InChI=1S/C18H16N2O2/c1-22-18(21)15-5-3-2-4-14(15)17-9-7-13-10-12(11-19)6-8-16(13)20-17/h2-10H,11,19H2,1H3. The Morgan fingerprint density at radius 2 is 1.95 bits per heavy atom. The van der Waals surface area contributed by atoms with E-state index in [0.717, 1.165) is 27.7 Å². The molecule has 0 bridgehead atoms. The number of pyridine rings is 1. The molecule has 0 fully saturated rings. The number of carbonyl (C=O) groups excluding carboxylic acids is 1. The number of nitrogens with two attached hydrogens (primary N) is 1. The maximum Gasteiger partial charge on any atom is 0.338 e. The number of fused-ring (bicyclic) bond motifs is 1. The summed E-state index contributed by atoms with van der Waals surface area (Å²) in [6, 6.07) is 17.1. The number of esters is 1. The molecule has 0 saturated carbocycles. The molecule has 4 heteroatoms. The van der Waals surface area contributed by atoms with Crippen molar-refractivity contribution in [3.05, 3.63) is 65.7 Å². The molecule has 110 valence electrons. The minimum Gasteiger partial charge on any atom is -0.465 e. The van der Waals surface area contributed by atoms with E-state index in [1.807, 2.05) is 48.5 Å². The summed E-state index contributed by atoms with van der Waals surface area (Å²) in [4.78, 5) is 16.5. The fraction of sp³-hybridized carbons (Fsp3) is 0.111. The average Bonchev–Trinajstić information content (AvgIpc) is 2.60. The van der Waals surface area contributed by atoms with E-state index in [0.29, 0.717) is 12.1 Å². The molecule has 0 aliphatic carbocycles. The molecule has 3 aromatic rings. The van der Waals surface area contributed by atoms with Gasteiger partial charge in [-0.15, -0.1) is 0 Å². The third-order valence-corrected chi connectivity index (χ3v) is 3.60. The average molecular weight is 292 g/mol. The number of carbonyl (C=O) groups is 1. The molecule has 0 atom stereocenters. The van der Waals surface area contributed by atoms with Gasteiger partial charge in [-0.2, -0.15) is 0 Å². The SMILES string of the molecule is COC(=O)c1ccccc1-c1ccc2cc(CN)ccc2n1. The maximum atomic E-state index is 11.9. The summed E-state index contributed by atoms with van der Waals surface area (Å²) >= 11 is 0. The topological polar surface area (TPSA) is 65.2 Å². The number of rotatable bonds is 3. The van der Waals surface area contributed by atoms with Crippen LogP contribution in [0.4, 0.5) is 0 Å². The molecule has 2 N–H and O–H groups in total. The summed E-state index contributed by atoms with van der Waals surface area (Å²) in [7, 11) is 1.38. The third-order valence-electron chi connectivity index (χ3n) is 3.60. The summed E-state index contributed by atoms with van der Waals surface area (Å²) in [5, 5.41) is 1.03. The van der Waals surface area contributed by atoms with Crippen LogP contribution in [0.15, 0.2) is 54.6 Å². The van der Waals surface area contributed by atoms with Crippen LogP contribution in [0.2, 0.25) is 0 Å². The van der Waals surface area contributed by atoms with Gasteiger partial charge in [-0.3, -0.25) is 0 Å². The van der Waals surface area contributed by atoms with Gasteiger partial charge in [0.25, 0.3) is 0 Å². The van der Waals surface area contributed by atoms with Crippen molar-refractivity contribution < 1.29 is 9.53 Å². The van der Waals surface area contributed by atoms with Crippen molar-refractivity contribution in [2.75, 3.05) is 7.11 Å². The lowest BCUT2D eigenvalue weighted by Crippen LogP contribution is -2.04. The first-order valence-corrected chi connectivity index (χ1v) is 7.00. The molecule has 0 radical (unpaired) electrons. The van der Waals surface area contributed by atoms with E-state index in [2.05, 4.69) is 4.98 Å². The molecule has 22 heavy (non-hydrogen) atoms. The number of hydrogen-bond acceptors (Lipinski definition) is 4. The molecular formula is C18H16N2O2. The Morgan fingerprint density at radius 1 is 1.14 bits per heavy atom. The highest BCUT2D eigenvalue weighted by atomic mass is 16.5. The predicted octanol–water partition coefficient (Wildman–Crippen LogP) is 3.15. The Balaban J connectivity index is 2.13. The Kier molecular flexibility index (Phi) is 3.85. The first kappa shape index (κ1) is 14.2. The number of benzene rings is 2. The molecule has 0 aliphatic heterocycles. The predicted molar refractivity (Wildman–Crippen MR) is 86.4 cm³/mol. The van der Waals surface area contributed by atoms with Gasteiger partial charge < -0.3 is 10.5 Å². The normalized spacial score (nSPS) is 10.6. The molecule has 3 rings (SSSR count). The van der Waals surface area contributed by atoms with Gasteiger partial charge in [-0.25, -0.2) is 9.78 Å². The van der Waals surface area contributed by atoms with E-state index in [9.17, 15) is 4.79 Å². The van der Waals surface area contributed by atoms with Gasteiger partial charge >= 0.3 is 5.97 Å². The molecule has 0 saturated heterocycles. The lowest BCUT2D eigenvalue weighted by molar-refractivity contribution is 0.0601. The Bertz CT molecular complexity index is 843. The summed E-state index contributed by atoms with van der Waals surface area (Å²) < 4.78 is 4.84. The van der Waals surface area contributed by atoms with E-state index >= 15 is 0 Å². The zero-order valence-electron chi connectivity index (χ0n) is 12.2. The zero-order valence-corrected chi connectivity index (χ0v) is 12.2. The van der Waals surface area contributed by atoms with Gasteiger partial charge in [0.05, 0.1) is 23.9 Å². The Morgan fingerprint density at radius 3 is 2.73 bits per heavy atom. The highest BCUT2D eigenvalue weighted by molar-refractivity contribution is 5.97. The summed E-state index contributed by atoms with van der Waals surface area (Å²) in [6.07, 6.45) is 0. The zero-order chi connectivity index (χ0) is 15.5. The molecular weight excluding hydrogens is 276 g/mol. The van der Waals surface area contributed by atoms with Crippen LogP contribution in [-0.4, -0.2) is 18.1 Å². The quantitative estimate of drug-likeness (QED) is 0.753. The van der Waals surface area contributed by atoms with Gasteiger partial charge in [0.1, 0.15) is 0 Å². The van der Waals surface area contributed by atoms with Crippen molar-refractivity contribution in [2.45, 2.75) is 6.54 Å². The van der Waals surface area contributed by atoms with E-state index in [1.165, 1.54) is 7.11 Å². The van der Waals surface area contributed by atoms with Crippen LogP contribution in [0.25, 0.3) is 22.2 Å². The van der Waals surface area contributed by atoms with Gasteiger partial charge in [-0.1, -0.05) is 30.3 Å². The second-order valence-corrected chi connectivity index (χ2v) is 4.96. The molecule has 0 amide bonds. The maximum absolute atomic E-state index is 11.9. The fourth-order valence-corrected chi connectivity index (χ4v) is 2.45. The van der Waals surface area contributed by atoms with E-state index in [1.54, 1.807) is 6.07 Å². The van der Waals surface area contributed by atoms with Crippen LogP contribution in [0.3, 0.4) is 0 Å². The number of aromatic nitrogens is 1. The van der Waals surface area contributed by atoms with Gasteiger partial charge in [0, 0.05) is 17.5 Å². The van der Waals surface area contributed by atoms with Gasteiger partial charge in [-0.05, 0) is 29.8 Å². The van der Waals surface area contributed by atoms with Crippen LogP contribution >= 0.6 is 0 Å². The van der Waals surface area contributed by atoms with Crippen molar-refractivity contribution in [1.82, 2.24) is 4.98 Å². The summed E-state index contributed by atoms with van der Waals surface area (Å²) in [5.41, 5.74) is 9.61. The number of hydrogen-bond donors (Lipinski definition) is 1. The van der Waals surface area contributed by atoms with Crippen LogP contribution in [-0.2, 0) is 11.3 Å². The molecule has 1 aromatic heterocycles. The minimum atomic E-state index is -0.365. The fourth-order valence-electron chi connectivity index (χ4n) is 2.45. The Labute approximate surface area is 128 Å². The van der Waals surface area contributed by atoms with Crippen molar-refractivity contribution in [3.8, 4) is 11.3 Å². The summed E-state index contributed by atoms with van der Waals surface area (Å²) in [6.45, 7) is 0.503. The van der Waals surface area contributed by atoms with Crippen LogP contribution in [0, 0.1) is 0 Å². The largest absolute Gasteiger partial charge is 0.465 e. The first-order valence-electron chi connectivity index (χ1n) is 7.00. The summed E-state index contributed by atoms with van der Waals surface area (Å²) in [5.74, 6) is -0.365. The van der Waals surface area contributed by atoms with Crippen LogP contribution in [0.1, 0.15) is 15.9 Å². The second kappa shape index (κ2) is 5.95. The minimum absolute atomic E-state index is 0.365. The lowest BCUT2D eigenvalue weighted by atomic mass is 10.0. The van der Waals surface area contributed by atoms with E-state index in [4.69, 9.17) is 10.5 Å². The number of ether oxygens (including phenoxy) is 1. The lowest BCUT2D eigenvalue weighted by Gasteiger charge is -2.08. The molecule has 0 unspecified atom stereocenters. The monoisotopic (exact) mass is 292 g/mol. The van der Waals surface area contributed by atoms with Crippen LogP contribution < -0.4 is 5.73 Å². The molecule has 0 spiro atoms. The van der Waals surface area contributed by atoms with Crippen molar-refractivity contribution in [1.29, 1.82) is 0 Å². The van der Waals surface area contributed by atoms with Crippen LogP contribution in [0.5, 0.6) is 0 Å². The number of nitrogens with zero attached hydrogens (tertiary/aromatic N) is 1. The number of methoxy groups -OCH3 is 1. The van der Waals surface area contributed by atoms with Gasteiger partial charge in [0.15, 0.2) is 0 Å². The highest BCUT2D eigenvalue weighted by Gasteiger charge is 2.13. The van der Waals surface area contributed by atoms with Gasteiger partial charge in [0.2, 0.25) is 0 Å². The Hall–Kier alpha value is -2.72. The van der Waals surface area contributed by atoms with E-state index < -0.39 is 0 Å². The van der Waals surface area contributed by atoms with Crippen molar-refractivity contribution >= 4 is 16.9 Å². The molecule has 0 aliphatic rings. The smallest absolute Gasteiger partial charge is 0.338 e. The third kappa shape index (κ3) is 2.56. The molecule has 2 aromatic carbocycles. The highest BCUT2D eigenvalue weighted by Crippen LogP contribution is 2.25. The van der Waals surface area contributed by atoms with Crippen molar-refractivity contribution in [2.24, 2.45) is 5.73 Å². The molecule has 4 nitrogen and oxygen atoms in total. The van der Waals surface area contributed by atoms with Crippen molar-refractivity contribution in [3.63, 3.8) is 0 Å². The second-order valence-electron chi connectivity index (χ2n) is 4.96. The first-order chi connectivity index (χ1) is 10.7. The molecule has 1 heterocycles.